The quantitative estimate of drug-likeness (QED) is 0.272. The molecule has 2 heterocycles. The van der Waals surface area contributed by atoms with Crippen molar-refractivity contribution in [2.45, 2.75) is 18.9 Å². The van der Waals surface area contributed by atoms with Crippen LogP contribution in [0.2, 0.25) is 0 Å². The van der Waals surface area contributed by atoms with Crippen LogP contribution in [-0.4, -0.2) is 21.0 Å². The number of carbonyl (C=O) groups excluding carboxylic acids is 1. The lowest BCUT2D eigenvalue weighted by Crippen LogP contribution is -2.32. The van der Waals surface area contributed by atoms with Crippen molar-refractivity contribution in [3.8, 4) is 16.9 Å². The van der Waals surface area contributed by atoms with Crippen LogP contribution in [0.25, 0.3) is 22.0 Å². The number of rotatable bonds is 7. The molecule has 1 unspecified atom stereocenters. The number of aromatic nitrogens is 2. The highest BCUT2D eigenvalue weighted by Crippen LogP contribution is 2.29. The number of H-pyrrole nitrogens is 1. The van der Waals surface area contributed by atoms with Gasteiger partial charge in [-0.05, 0) is 59.5 Å². The summed E-state index contributed by atoms with van der Waals surface area (Å²) in [6, 6.07) is 21.0. The second-order valence-electron chi connectivity index (χ2n) is 8.62. The summed E-state index contributed by atoms with van der Waals surface area (Å²) in [7, 11) is 0. The summed E-state index contributed by atoms with van der Waals surface area (Å²) in [5.41, 5.74) is 4.25. The van der Waals surface area contributed by atoms with E-state index >= 15 is 0 Å². The molecule has 0 aliphatic heterocycles. The Labute approximate surface area is 206 Å². The lowest BCUT2D eigenvalue weighted by atomic mass is 9.95. The van der Waals surface area contributed by atoms with Crippen LogP contribution in [0.5, 0.6) is 5.75 Å². The zero-order valence-corrected chi connectivity index (χ0v) is 19.2. The summed E-state index contributed by atoms with van der Waals surface area (Å²) in [6.07, 6.45) is 3.56. The van der Waals surface area contributed by atoms with Crippen molar-refractivity contribution in [1.82, 2.24) is 15.3 Å². The standard InChI is InChI=1S/C29H23F2N3O2/c30-21-11-18(12-22(31)15-21)13-27(29-24(7-4-10-32-29)19-5-2-1-3-6-19)34-28(36)14-20-17-33-26-9-8-23(35)16-25(20)26/h1-12,15-17,27,33,35H,13-14H2,(H,34,36). The fourth-order valence-corrected chi connectivity index (χ4v) is 4.47. The number of carbonyl (C=O) groups is 1. The van der Waals surface area contributed by atoms with Crippen molar-refractivity contribution in [2.75, 3.05) is 0 Å². The molecule has 3 N–H and O–H groups in total. The molecule has 0 spiro atoms. The lowest BCUT2D eigenvalue weighted by Gasteiger charge is -2.21. The Balaban J connectivity index is 1.49. The van der Waals surface area contributed by atoms with Crippen LogP contribution in [0.3, 0.4) is 0 Å². The van der Waals surface area contributed by atoms with Gasteiger partial charge in [-0.25, -0.2) is 8.78 Å². The molecular weight excluding hydrogens is 460 g/mol. The largest absolute Gasteiger partial charge is 0.508 e. The van der Waals surface area contributed by atoms with E-state index in [1.807, 2.05) is 42.5 Å². The van der Waals surface area contributed by atoms with E-state index < -0.39 is 17.7 Å². The van der Waals surface area contributed by atoms with Gasteiger partial charge in [0.25, 0.3) is 0 Å². The van der Waals surface area contributed by atoms with E-state index in [1.165, 1.54) is 12.1 Å². The average Bonchev–Trinajstić information content (AvgIpc) is 3.25. The summed E-state index contributed by atoms with van der Waals surface area (Å²) < 4.78 is 27.9. The van der Waals surface area contributed by atoms with Gasteiger partial charge in [-0.15, -0.1) is 0 Å². The number of aromatic amines is 1. The SMILES string of the molecule is O=C(Cc1c[nH]c2ccc(O)cc12)NC(Cc1cc(F)cc(F)c1)c1ncccc1-c1ccccc1. The first-order chi connectivity index (χ1) is 17.5. The minimum Gasteiger partial charge on any atom is -0.508 e. The van der Waals surface area contributed by atoms with Gasteiger partial charge in [0.1, 0.15) is 17.4 Å². The number of nitrogens with zero attached hydrogens (tertiary/aromatic N) is 1. The normalized spacial score (nSPS) is 11.9. The van der Waals surface area contributed by atoms with E-state index in [2.05, 4.69) is 15.3 Å². The van der Waals surface area contributed by atoms with Crippen LogP contribution < -0.4 is 5.32 Å². The van der Waals surface area contributed by atoms with Crippen LogP contribution in [0.1, 0.15) is 22.9 Å². The van der Waals surface area contributed by atoms with Crippen molar-refractivity contribution in [2.24, 2.45) is 0 Å². The second kappa shape index (κ2) is 10.00. The zero-order chi connectivity index (χ0) is 25.1. The van der Waals surface area contributed by atoms with Gasteiger partial charge in [-0.2, -0.15) is 0 Å². The fourth-order valence-electron chi connectivity index (χ4n) is 4.47. The molecule has 1 amide bonds. The molecule has 0 bridgehead atoms. The molecule has 180 valence electrons. The Morgan fingerprint density at radius 3 is 2.53 bits per heavy atom. The highest BCUT2D eigenvalue weighted by molar-refractivity contribution is 5.90. The van der Waals surface area contributed by atoms with Gasteiger partial charge in [-0.1, -0.05) is 36.4 Å². The van der Waals surface area contributed by atoms with E-state index in [9.17, 15) is 18.7 Å². The van der Waals surface area contributed by atoms with Crippen LogP contribution in [-0.2, 0) is 17.6 Å². The molecule has 5 rings (SSSR count). The topological polar surface area (TPSA) is 78.0 Å². The predicted molar refractivity (Wildman–Crippen MR) is 134 cm³/mol. The van der Waals surface area contributed by atoms with E-state index in [1.54, 1.807) is 30.6 Å². The smallest absolute Gasteiger partial charge is 0.225 e. The number of hydrogen-bond acceptors (Lipinski definition) is 3. The number of phenols is 1. The molecular formula is C29H23F2N3O2. The van der Waals surface area contributed by atoms with Crippen LogP contribution in [0.4, 0.5) is 8.78 Å². The van der Waals surface area contributed by atoms with Gasteiger partial charge in [0.2, 0.25) is 5.91 Å². The van der Waals surface area contributed by atoms with Crippen LogP contribution in [0, 0.1) is 11.6 Å². The first-order valence-corrected chi connectivity index (χ1v) is 11.5. The van der Waals surface area contributed by atoms with E-state index in [0.717, 1.165) is 33.7 Å². The number of aromatic hydroxyl groups is 1. The molecule has 0 saturated heterocycles. The molecule has 5 nitrogen and oxygen atoms in total. The number of fused-ring (bicyclic) bond motifs is 1. The third-order valence-corrected chi connectivity index (χ3v) is 6.05. The van der Waals surface area contributed by atoms with Crippen molar-refractivity contribution >= 4 is 16.8 Å². The van der Waals surface area contributed by atoms with Crippen LogP contribution >= 0.6 is 0 Å². The number of amides is 1. The summed E-state index contributed by atoms with van der Waals surface area (Å²) >= 11 is 0. The second-order valence-corrected chi connectivity index (χ2v) is 8.62. The Morgan fingerprint density at radius 2 is 1.75 bits per heavy atom. The monoisotopic (exact) mass is 483 g/mol. The number of halogens is 2. The molecule has 1 atom stereocenters. The Hall–Kier alpha value is -4.52. The maximum atomic E-state index is 14.0. The Bertz CT molecular complexity index is 1510. The molecule has 0 aliphatic carbocycles. The highest BCUT2D eigenvalue weighted by Gasteiger charge is 2.22. The number of phenolic OH excluding ortho intramolecular Hbond substituents is 1. The summed E-state index contributed by atoms with van der Waals surface area (Å²) in [4.78, 5) is 20.9. The van der Waals surface area contributed by atoms with E-state index in [0.29, 0.717) is 11.3 Å². The molecule has 0 aliphatic rings. The van der Waals surface area contributed by atoms with Crippen molar-refractivity contribution in [3.05, 3.63) is 120 Å². The first kappa shape index (κ1) is 23.2. The van der Waals surface area contributed by atoms with E-state index in [4.69, 9.17) is 0 Å². The highest BCUT2D eigenvalue weighted by atomic mass is 19.1. The zero-order valence-electron chi connectivity index (χ0n) is 19.2. The third-order valence-electron chi connectivity index (χ3n) is 6.05. The van der Waals surface area contributed by atoms with Crippen molar-refractivity contribution < 1.29 is 18.7 Å². The number of pyridine rings is 1. The molecule has 2 aromatic heterocycles. The van der Waals surface area contributed by atoms with Crippen molar-refractivity contribution in [3.63, 3.8) is 0 Å². The molecule has 36 heavy (non-hydrogen) atoms. The minimum atomic E-state index is -0.682. The molecule has 0 radical (unpaired) electrons. The van der Waals surface area contributed by atoms with Crippen molar-refractivity contribution in [1.29, 1.82) is 0 Å². The first-order valence-electron chi connectivity index (χ1n) is 11.5. The Morgan fingerprint density at radius 1 is 0.972 bits per heavy atom. The van der Waals surface area contributed by atoms with Gasteiger partial charge in [0.15, 0.2) is 0 Å². The predicted octanol–water partition coefficient (Wildman–Crippen LogP) is 5.86. The average molecular weight is 484 g/mol. The van der Waals surface area contributed by atoms with Gasteiger partial charge in [0, 0.05) is 34.9 Å². The molecule has 5 aromatic rings. The molecule has 3 aromatic carbocycles. The number of nitrogens with one attached hydrogen (secondary N) is 2. The molecule has 0 fully saturated rings. The Kier molecular flexibility index (Phi) is 6.45. The van der Waals surface area contributed by atoms with Crippen LogP contribution in [0.15, 0.2) is 91.3 Å². The van der Waals surface area contributed by atoms with Gasteiger partial charge >= 0.3 is 0 Å². The fraction of sp³-hybridized carbons (Fsp3) is 0.103. The third kappa shape index (κ3) is 5.10. The summed E-state index contributed by atoms with van der Waals surface area (Å²) in [6.45, 7) is 0. The number of hydrogen-bond donors (Lipinski definition) is 3. The maximum absolute atomic E-state index is 14.0. The number of benzene rings is 3. The maximum Gasteiger partial charge on any atom is 0.225 e. The summed E-state index contributed by atoms with van der Waals surface area (Å²) in [5.74, 6) is -1.54. The van der Waals surface area contributed by atoms with E-state index in [-0.39, 0.29) is 24.5 Å². The summed E-state index contributed by atoms with van der Waals surface area (Å²) in [5, 5.41) is 13.6. The van der Waals surface area contributed by atoms with Gasteiger partial charge in [0.05, 0.1) is 18.2 Å². The minimum absolute atomic E-state index is 0.0466. The van der Waals surface area contributed by atoms with Gasteiger partial charge in [-0.3, -0.25) is 9.78 Å². The molecule has 7 heteroatoms. The molecule has 0 saturated carbocycles. The lowest BCUT2D eigenvalue weighted by molar-refractivity contribution is -0.121. The van der Waals surface area contributed by atoms with Gasteiger partial charge < -0.3 is 15.4 Å².